The molecule has 3 aliphatic rings. The first-order chi connectivity index (χ1) is 27.7. The summed E-state index contributed by atoms with van der Waals surface area (Å²) in [7, 11) is 0. The lowest BCUT2D eigenvalue weighted by Gasteiger charge is -2.27. The molecule has 58 heavy (non-hydrogen) atoms. The molecule has 0 N–H and O–H groups in total. The summed E-state index contributed by atoms with van der Waals surface area (Å²) in [6, 6.07) is 27.5. The van der Waals surface area contributed by atoms with Crippen LogP contribution in [0.15, 0.2) is 120 Å². The minimum Gasteiger partial charge on any atom is -1.00 e. The Morgan fingerprint density at radius 3 is 1.91 bits per heavy atom. The topological polar surface area (TPSA) is 6.25 Å². The van der Waals surface area contributed by atoms with Crippen LogP contribution >= 0.6 is 0 Å². The molecule has 7 rings (SSSR count). The van der Waals surface area contributed by atoms with Gasteiger partial charge in [0.05, 0.1) is 5.41 Å². The quantitative estimate of drug-likeness (QED) is 0.0582. The third-order valence-corrected chi connectivity index (χ3v) is 13.7. The molecule has 2 aliphatic heterocycles. The normalized spacial score (nSPS) is 18.6. The number of hydrogen-bond acceptors (Lipinski definition) is 1. The molecule has 1 aliphatic carbocycles. The first kappa shape index (κ1) is 44.1. The van der Waals surface area contributed by atoms with Crippen LogP contribution in [0.2, 0.25) is 0 Å². The van der Waals surface area contributed by atoms with E-state index in [0.29, 0.717) is 0 Å². The fourth-order valence-corrected chi connectivity index (χ4v) is 10.5. The zero-order valence-corrected chi connectivity index (χ0v) is 39.2. The van der Waals surface area contributed by atoms with E-state index < -0.39 is 0 Å². The lowest BCUT2D eigenvalue weighted by Crippen LogP contribution is -3.00. The van der Waals surface area contributed by atoms with Crippen LogP contribution in [0.5, 0.6) is 0 Å². The van der Waals surface area contributed by atoms with Crippen molar-refractivity contribution in [3.8, 4) is 0 Å². The summed E-state index contributed by atoms with van der Waals surface area (Å²) in [6.07, 6.45) is 29.3. The lowest BCUT2D eigenvalue weighted by molar-refractivity contribution is -0.438. The third-order valence-electron chi connectivity index (χ3n) is 13.7. The number of unbranched alkanes of at least 4 members (excludes halogenated alkanes) is 10. The van der Waals surface area contributed by atoms with E-state index in [4.69, 9.17) is 0 Å². The Bertz CT molecular complexity index is 2220. The molecule has 2 nitrogen and oxygen atoms in total. The maximum Gasteiger partial charge on any atom is 0.210 e. The van der Waals surface area contributed by atoms with Crippen molar-refractivity contribution in [3.63, 3.8) is 0 Å². The summed E-state index contributed by atoms with van der Waals surface area (Å²) >= 11 is 0. The van der Waals surface area contributed by atoms with Gasteiger partial charge in [0.25, 0.3) is 0 Å². The van der Waals surface area contributed by atoms with Gasteiger partial charge in [-0.15, -0.1) is 0 Å². The molecule has 3 heteroatoms. The van der Waals surface area contributed by atoms with E-state index in [1.165, 1.54) is 156 Å². The SMILES string of the molecule is CCCCCCCCN1/C(=C/C=C2\CCCC(/C=C/C3=[N+](CCCCCCCC)c4ccc5ccccc5c4C3(C)C)=C2C)C(C)(C)c2c1ccc1ccccc21.[I-]. The highest BCUT2D eigenvalue weighted by molar-refractivity contribution is 6.07. The van der Waals surface area contributed by atoms with Gasteiger partial charge in [-0.05, 0) is 115 Å². The van der Waals surface area contributed by atoms with E-state index in [-0.39, 0.29) is 34.8 Å². The second-order valence-electron chi connectivity index (χ2n) is 18.4. The fourth-order valence-electron chi connectivity index (χ4n) is 10.5. The van der Waals surface area contributed by atoms with E-state index in [1.807, 2.05) is 0 Å². The van der Waals surface area contributed by atoms with Gasteiger partial charge in [-0.3, -0.25) is 0 Å². The van der Waals surface area contributed by atoms with Crippen LogP contribution in [0.3, 0.4) is 0 Å². The Labute approximate surface area is 369 Å². The number of anilines is 1. The van der Waals surface area contributed by atoms with Crippen molar-refractivity contribution in [2.45, 2.75) is 156 Å². The van der Waals surface area contributed by atoms with E-state index in [2.05, 4.69) is 155 Å². The predicted octanol–water partition coefficient (Wildman–Crippen LogP) is 12.8. The smallest absolute Gasteiger partial charge is 0.210 e. The van der Waals surface area contributed by atoms with Crippen molar-refractivity contribution >= 4 is 38.6 Å². The molecular formula is C55H71IN2. The Kier molecular flexibility index (Phi) is 15.0. The Balaban J connectivity index is 0.00000567. The third kappa shape index (κ3) is 9.01. The Morgan fingerprint density at radius 1 is 0.621 bits per heavy atom. The zero-order chi connectivity index (χ0) is 40.0. The average molecular weight is 887 g/mol. The molecule has 0 bridgehead atoms. The fraction of sp³-hybridized carbons (Fsp3) is 0.473. The molecule has 0 radical (unpaired) electrons. The number of hydrogen-bond donors (Lipinski definition) is 0. The van der Waals surface area contributed by atoms with Crippen molar-refractivity contribution in [2.24, 2.45) is 0 Å². The van der Waals surface area contributed by atoms with Crippen LogP contribution in [0.25, 0.3) is 21.5 Å². The van der Waals surface area contributed by atoms with Crippen molar-refractivity contribution < 1.29 is 28.6 Å². The van der Waals surface area contributed by atoms with Crippen LogP contribution in [-0.2, 0) is 10.8 Å². The van der Waals surface area contributed by atoms with Crippen LogP contribution in [-0.4, -0.2) is 23.4 Å². The number of halogens is 1. The summed E-state index contributed by atoms with van der Waals surface area (Å²) in [4.78, 5) is 2.68. The molecule has 0 amide bonds. The van der Waals surface area contributed by atoms with Crippen molar-refractivity contribution in [1.29, 1.82) is 0 Å². The van der Waals surface area contributed by atoms with Crippen LogP contribution < -0.4 is 28.9 Å². The molecule has 0 fully saturated rings. The molecule has 0 spiro atoms. The summed E-state index contributed by atoms with van der Waals surface area (Å²) < 4.78 is 2.68. The molecule has 2 heterocycles. The van der Waals surface area contributed by atoms with Crippen molar-refractivity contribution in [3.05, 3.63) is 131 Å². The highest BCUT2D eigenvalue weighted by Crippen LogP contribution is 2.51. The molecule has 4 aromatic rings. The van der Waals surface area contributed by atoms with Gasteiger partial charge in [0.15, 0.2) is 5.71 Å². The molecule has 4 aromatic carbocycles. The largest absolute Gasteiger partial charge is 1.00 e. The molecular weight excluding hydrogens is 816 g/mol. The lowest BCUT2D eigenvalue weighted by atomic mass is 9.78. The van der Waals surface area contributed by atoms with Crippen molar-refractivity contribution in [1.82, 2.24) is 0 Å². The number of fused-ring (bicyclic) bond motifs is 6. The maximum atomic E-state index is 2.68. The van der Waals surface area contributed by atoms with E-state index in [1.54, 1.807) is 0 Å². The van der Waals surface area contributed by atoms with E-state index in [0.717, 1.165) is 25.9 Å². The number of rotatable bonds is 17. The summed E-state index contributed by atoms with van der Waals surface area (Å²) in [5, 5.41) is 5.49. The van der Waals surface area contributed by atoms with Gasteiger partial charge in [-0.25, -0.2) is 0 Å². The van der Waals surface area contributed by atoms with Crippen LogP contribution in [0.1, 0.15) is 156 Å². The van der Waals surface area contributed by atoms with Gasteiger partial charge in [0.2, 0.25) is 5.69 Å². The summed E-state index contributed by atoms with van der Waals surface area (Å²) in [6.45, 7) is 19.0. The second kappa shape index (κ2) is 19.7. The number of allylic oxidation sites excluding steroid dienone is 8. The van der Waals surface area contributed by atoms with Crippen LogP contribution in [0, 0.1) is 0 Å². The van der Waals surface area contributed by atoms with Gasteiger partial charge in [-0.2, -0.15) is 4.58 Å². The minimum atomic E-state index is -0.0756. The Hall–Kier alpha value is -3.44. The first-order valence-electron chi connectivity index (χ1n) is 22.9. The van der Waals surface area contributed by atoms with Gasteiger partial charge in [0, 0.05) is 47.5 Å². The highest BCUT2D eigenvalue weighted by Gasteiger charge is 2.45. The van der Waals surface area contributed by atoms with Crippen molar-refractivity contribution in [2.75, 3.05) is 18.0 Å². The molecule has 0 unspecified atom stereocenters. The standard InChI is InChI=1S/C55H71N2.HI/c1-8-10-12-14-16-22-39-56-48-35-31-44-25-18-20-29-46(44)52(48)54(4,5)50(56)37-33-42-27-24-28-43(41(42)3)34-38-51-55(6,7)53-47-30-21-19-26-45(47)32-36-49(53)57(51)40-23-17-15-13-11-9-2;/h18-21,25-26,29-38H,8-17,22-24,27-28,39-40H2,1-7H3;1H/q+1;/p-1. The molecule has 0 atom stereocenters. The minimum absolute atomic E-state index is 0. The van der Waals surface area contributed by atoms with E-state index >= 15 is 0 Å². The van der Waals surface area contributed by atoms with Gasteiger partial charge in [0.1, 0.15) is 6.54 Å². The van der Waals surface area contributed by atoms with Gasteiger partial charge < -0.3 is 28.9 Å². The predicted molar refractivity (Wildman–Crippen MR) is 250 cm³/mol. The first-order valence-corrected chi connectivity index (χ1v) is 22.9. The van der Waals surface area contributed by atoms with Gasteiger partial charge >= 0.3 is 0 Å². The highest BCUT2D eigenvalue weighted by atomic mass is 127. The number of benzene rings is 4. The zero-order valence-electron chi connectivity index (χ0n) is 37.0. The van der Waals surface area contributed by atoms with Crippen LogP contribution in [0.4, 0.5) is 11.4 Å². The summed E-state index contributed by atoms with van der Waals surface area (Å²) in [5.74, 6) is 0. The summed E-state index contributed by atoms with van der Waals surface area (Å²) in [5.41, 5.74) is 13.0. The molecule has 0 aromatic heterocycles. The monoisotopic (exact) mass is 886 g/mol. The van der Waals surface area contributed by atoms with E-state index in [9.17, 15) is 0 Å². The Morgan fingerprint density at radius 2 is 1.22 bits per heavy atom. The number of nitrogens with zero attached hydrogens (tertiary/aromatic N) is 2. The average Bonchev–Trinajstić information content (AvgIpc) is 3.57. The second-order valence-corrected chi connectivity index (χ2v) is 18.4. The molecule has 0 saturated heterocycles. The maximum absolute atomic E-state index is 2.68. The molecule has 308 valence electrons. The molecule has 0 saturated carbocycles. The van der Waals surface area contributed by atoms with Gasteiger partial charge in [-0.1, -0.05) is 152 Å².